The van der Waals surface area contributed by atoms with E-state index in [4.69, 9.17) is 0 Å². The smallest absolute Gasteiger partial charge is 0.248 e. The molecule has 0 saturated carbocycles. The molecule has 1 N–H and O–H groups in total. The van der Waals surface area contributed by atoms with Crippen LogP contribution in [-0.4, -0.2) is 5.91 Å². The first-order valence-electron chi connectivity index (χ1n) is 5.64. The van der Waals surface area contributed by atoms with Crippen LogP contribution >= 0.6 is 0 Å². The van der Waals surface area contributed by atoms with Gasteiger partial charge in [-0.2, -0.15) is 0 Å². The summed E-state index contributed by atoms with van der Waals surface area (Å²) in [6, 6.07) is 12.5. The van der Waals surface area contributed by atoms with Gasteiger partial charge in [0.15, 0.2) is 11.6 Å². The van der Waals surface area contributed by atoms with E-state index in [1.54, 1.807) is 6.08 Å². The zero-order valence-electron chi connectivity index (χ0n) is 9.94. The van der Waals surface area contributed by atoms with Crippen molar-refractivity contribution >= 4 is 17.7 Å². The Bertz CT molecular complexity index is 609. The third-order valence-electron chi connectivity index (χ3n) is 2.41. The number of hydrogen-bond acceptors (Lipinski definition) is 1. The molecule has 0 fully saturated rings. The number of benzene rings is 2. The quantitative estimate of drug-likeness (QED) is 0.838. The average molecular weight is 259 g/mol. The van der Waals surface area contributed by atoms with Crippen molar-refractivity contribution in [3.05, 3.63) is 71.8 Å². The number of rotatable bonds is 3. The van der Waals surface area contributed by atoms with Crippen LogP contribution in [0.5, 0.6) is 0 Å². The molecular weight excluding hydrogens is 248 g/mol. The summed E-state index contributed by atoms with van der Waals surface area (Å²) in [5.74, 6) is -2.35. The molecule has 0 aromatic heterocycles. The molecule has 2 nitrogen and oxygen atoms in total. The number of halogens is 2. The summed E-state index contributed by atoms with van der Waals surface area (Å²) < 4.78 is 25.6. The van der Waals surface area contributed by atoms with Crippen LogP contribution in [0, 0.1) is 11.6 Å². The minimum atomic E-state index is -0.996. The summed E-state index contributed by atoms with van der Waals surface area (Å²) >= 11 is 0. The van der Waals surface area contributed by atoms with Crippen molar-refractivity contribution < 1.29 is 13.6 Å². The van der Waals surface area contributed by atoms with Crippen molar-refractivity contribution in [3.8, 4) is 0 Å². The topological polar surface area (TPSA) is 29.1 Å². The van der Waals surface area contributed by atoms with E-state index in [0.29, 0.717) is 0 Å². The molecule has 0 aliphatic heterocycles. The van der Waals surface area contributed by atoms with Gasteiger partial charge < -0.3 is 5.32 Å². The molecular formula is C15H11F2NO. The maximum absolute atomic E-state index is 12.9. The van der Waals surface area contributed by atoms with Crippen LogP contribution in [0.4, 0.5) is 14.5 Å². The normalized spacial score (nSPS) is 10.6. The van der Waals surface area contributed by atoms with Crippen LogP contribution in [0.2, 0.25) is 0 Å². The Morgan fingerprint density at radius 3 is 2.42 bits per heavy atom. The van der Waals surface area contributed by atoms with E-state index >= 15 is 0 Å². The molecule has 0 spiro atoms. The van der Waals surface area contributed by atoms with E-state index in [1.807, 2.05) is 30.3 Å². The van der Waals surface area contributed by atoms with Crippen LogP contribution in [-0.2, 0) is 4.79 Å². The molecule has 2 aromatic rings. The van der Waals surface area contributed by atoms with Crippen molar-refractivity contribution in [1.29, 1.82) is 0 Å². The highest BCUT2D eigenvalue weighted by atomic mass is 19.2. The number of hydrogen-bond donors (Lipinski definition) is 1. The Kier molecular flexibility index (Phi) is 4.03. The molecule has 19 heavy (non-hydrogen) atoms. The predicted octanol–water partition coefficient (Wildman–Crippen LogP) is 3.62. The van der Waals surface area contributed by atoms with Crippen LogP contribution in [0.25, 0.3) is 6.08 Å². The number of nitrogens with one attached hydrogen (secondary N) is 1. The first-order valence-corrected chi connectivity index (χ1v) is 5.64. The molecule has 96 valence electrons. The minimum absolute atomic E-state index is 0.210. The lowest BCUT2D eigenvalue weighted by Crippen LogP contribution is -2.08. The van der Waals surface area contributed by atoms with Crippen molar-refractivity contribution in [2.24, 2.45) is 0 Å². The molecule has 0 unspecified atom stereocenters. The lowest BCUT2D eigenvalue weighted by molar-refractivity contribution is -0.111. The van der Waals surface area contributed by atoms with Crippen LogP contribution in [0.1, 0.15) is 5.56 Å². The second-order valence-electron chi connectivity index (χ2n) is 3.86. The minimum Gasteiger partial charge on any atom is -0.322 e. The van der Waals surface area contributed by atoms with Gasteiger partial charge in [-0.15, -0.1) is 0 Å². The van der Waals surface area contributed by atoms with E-state index in [0.717, 1.165) is 17.7 Å². The Morgan fingerprint density at radius 1 is 1.00 bits per heavy atom. The van der Waals surface area contributed by atoms with Crippen molar-refractivity contribution in [1.82, 2.24) is 0 Å². The average Bonchev–Trinajstić information content (AvgIpc) is 2.42. The monoisotopic (exact) mass is 259 g/mol. The van der Waals surface area contributed by atoms with Crippen LogP contribution in [0.15, 0.2) is 54.6 Å². The number of amides is 1. The molecule has 1 amide bonds. The Hall–Kier alpha value is -2.49. The number of anilines is 1. The Balaban J connectivity index is 2.01. The van der Waals surface area contributed by atoms with E-state index in [1.165, 1.54) is 12.1 Å². The van der Waals surface area contributed by atoms with E-state index < -0.39 is 17.5 Å². The Labute approximate surface area is 109 Å². The fourth-order valence-electron chi connectivity index (χ4n) is 1.49. The van der Waals surface area contributed by atoms with Gasteiger partial charge in [0.1, 0.15) is 0 Å². The highest BCUT2D eigenvalue weighted by Gasteiger charge is 2.03. The third-order valence-corrected chi connectivity index (χ3v) is 2.41. The van der Waals surface area contributed by atoms with Crippen molar-refractivity contribution in [2.75, 3.05) is 5.32 Å². The van der Waals surface area contributed by atoms with Gasteiger partial charge in [-0.1, -0.05) is 30.3 Å². The Morgan fingerprint density at radius 2 is 1.74 bits per heavy atom. The number of carbonyl (C=O) groups is 1. The van der Waals surface area contributed by atoms with E-state index in [9.17, 15) is 13.6 Å². The molecule has 0 bridgehead atoms. The molecule has 0 heterocycles. The highest BCUT2D eigenvalue weighted by Crippen LogP contribution is 2.13. The maximum atomic E-state index is 12.9. The van der Waals surface area contributed by atoms with Gasteiger partial charge in [-0.25, -0.2) is 8.78 Å². The van der Waals surface area contributed by atoms with Gasteiger partial charge in [0, 0.05) is 17.8 Å². The van der Waals surface area contributed by atoms with Crippen molar-refractivity contribution in [3.63, 3.8) is 0 Å². The molecule has 4 heteroatoms. The first-order chi connectivity index (χ1) is 9.15. The van der Waals surface area contributed by atoms with Crippen LogP contribution in [0.3, 0.4) is 0 Å². The molecule has 0 aliphatic rings. The zero-order chi connectivity index (χ0) is 13.7. The van der Waals surface area contributed by atoms with Gasteiger partial charge >= 0.3 is 0 Å². The summed E-state index contributed by atoms with van der Waals surface area (Å²) in [5.41, 5.74) is 1.09. The van der Waals surface area contributed by atoms with Gasteiger partial charge in [-0.05, 0) is 23.8 Å². The van der Waals surface area contributed by atoms with Gasteiger partial charge in [0.05, 0.1) is 0 Å². The molecule has 2 aromatic carbocycles. The molecule has 0 saturated heterocycles. The summed E-state index contributed by atoms with van der Waals surface area (Å²) in [6.45, 7) is 0. The largest absolute Gasteiger partial charge is 0.322 e. The molecule has 2 rings (SSSR count). The predicted molar refractivity (Wildman–Crippen MR) is 70.5 cm³/mol. The van der Waals surface area contributed by atoms with Gasteiger partial charge in [-0.3, -0.25) is 4.79 Å². The molecule has 0 aliphatic carbocycles. The third kappa shape index (κ3) is 3.74. The van der Waals surface area contributed by atoms with Crippen molar-refractivity contribution in [2.45, 2.75) is 0 Å². The second-order valence-corrected chi connectivity index (χ2v) is 3.86. The molecule has 0 radical (unpaired) electrons. The summed E-state index contributed by atoms with van der Waals surface area (Å²) in [4.78, 5) is 11.6. The van der Waals surface area contributed by atoms with Crippen LogP contribution < -0.4 is 5.32 Å². The fourth-order valence-corrected chi connectivity index (χ4v) is 1.49. The second kappa shape index (κ2) is 5.91. The van der Waals surface area contributed by atoms with Gasteiger partial charge in [0.25, 0.3) is 0 Å². The SMILES string of the molecule is O=C(C=Cc1ccccc1)Nc1ccc(F)c(F)c1. The lowest BCUT2D eigenvalue weighted by Gasteiger charge is -2.02. The molecule has 0 atom stereocenters. The maximum Gasteiger partial charge on any atom is 0.248 e. The summed E-state index contributed by atoms with van der Waals surface area (Å²) in [7, 11) is 0. The van der Waals surface area contributed by atoms with Gasteiger partial charge in [0.2, 0.25) is 5.91 Å². The summed E-state index contributed by atoms with van der Waals surface area (Å²) in [6.07, 6.45) is 2.96. The van der Waals surface area contributed by atoms with E-state index in [2.05, 4.69) is 5.32 Å². The van der Waals surface area contributed by atoms with E-state index in [-0.39, 0.29) is 5.69 Å². The summed E-state index contributed by atoms with van der Waals surface area (Å²) in [5, 5.41) is 2.45. The zero-order valence-corrected chi connectivity index (χ0v) is 9.94. The lowest BCUT2D eigenvalue weighted by atomic mass is 10.2. The first kappa shape index (κ1) is 13.0. The standard InChI is InChI=1S/C15H11F2NO/c16-13-8-7-12(10-14(13)17)18-15(19)9-6-11-4-2-1-3-5-11/h1-10H,(H,18,19). The fraction of sp³-hybridized carbons (Fsp3) is 0. The highest BCUT2D eigenvalue weighted by molar-refractivity contribution is 6.01. The number of carbonyl (C=O) groups excluding carboxylic acids is 1.